The summed E-state index contributed by atoms with van der Waals surface area (Å²) in [6.45, 7) is 9.52. The van der Waals surface area contributed by atoms with E-state index in [1.165, 1.54) is 25.5 Å². The van der Waals surface area contributed by atoms with E-state index >= 15 is 0 Å². The highest BCUT2D eigenvalue weighted by Gasteiger charge is 2.51. The molecule has 1 aliphatic heterocycles. The van der Waals surface area contributed by atoms with Gasteiger partial charge in [-0.05, 0) is 25.2 Å². The molecule has 1 aromatic rings. The standard InChI is InChI=1S/C30H45F2N7O8/c1-7-9-19(24(41)30(31,32)29(46)34-8-2)36-26(43)21-12-18(47-15-40)14-39(21)28(45)23(17(5)6)38-27(44)22(16(3)4)37-25(42)20-13-33-10-11-35-20/h10-11,13,15-19,21-24,41H,7-9,12,14H2,1-6H3,(H,34,46)(H,36,43)(H,37,42)(H,38,44)/t18-,19+,21+,22+,23+,24?/m1/s1. The molecule has 0 radical (unpaired) electrons. The van der Waals surface area contributed by atoms with Crippen LogP contribution in [0.3, 0.4) is 0 Å². The number of halogens is 2. The van der Waals surface area contributed by atoms with Gasteiger partial charge in [-0.3, -0.25) is 33.8 Å². The Bertz CT molecular complexity index is 1250. The van der Waals surface area contributed by atoms with Gasteiger partial charge in [-0.25, -0.2) is 4.98 Å². The number of carbonyl (C=O) groups excluding carboxylic acids is 6. The number of amides is 5. The molecule has 15 nitrogen and oxygen atoms in total. The molecule has 0 spiro atoms. The Labute approximate surface area is 272 Å². The van der Waals surface area contributed by atoms with Crippen molar-refractivity contribution in [3.8, 4) is 0 Å². The van der Waals surface area contributed by atoms with Gasteiger partial charge in [0.05, 0.1) is 18.8 Å². The van der Waals surface area contributed by atoms with Crippen LogP contribution in [0.2, 0.25) is 0 Å². The van der Waals surface area contributed by atoms with E-state index < -0.39 is 83.7 Å². The Kier molecular flexibility index (Phi) is 14.6. The average Bonchev–Trinajstić information content (AvgIpc) is 3.45. The van der Waals surface area contributed by atoms with Crippen molar-refractivity contribution in [2.75, 3.05) is 13.1 Å². The molecule has 2 rings (SSSR count). The first-order chi connectivity index (χ1) is 22.1. The maximum Gasteiger partial charge on any atom is 0.351 e. The summed E-state index contributed by atoms with van der Waals surface area (Å²) in [6.07, 6.45) is 0.340. The van der Waals surface area contributed by atoms with Crippen LogP contribution in [-0.4, -0.2) is 111 Å². The lowest BCUT2D eigenvalue weighted by atomic mass is 9.98. The van der Waals surface area contributed by atoms with Gasteiger partial charge in [0.1, 0.15) is 36.0 Å². The summed E-state index contributed by atoms with van der Waals surface area (Å²) in [6, 6.07) is -5.22. The van der Waals surface area contributed by atoms with Crippen molar-refractivity contribution >= 4 is 36.0 Å². The first-order valence-electron chi connectivity index (χ1n) is 15.5. The van der Waals surface area contributed by atoms with Crippen LogP contribution in [-0.2, 0) is 28.7 Å². The second kappa shape index (κ2) is 17.6. The molecule has 5 amide bonds. The maximum absolute atomic E-state index is 14.8. The molecule has 2 heterocycles. The minimum atomic E-state index is -4.24. The van der Waals surface area contributed by atoms with E-state index in [-0.39, 0.29) is 44.5 Å². The molecule has 1 saturated heterocycles. The highest BCUT2D eigenvalue weighted by Crippen LogP contribution is 2.26. The number of ether oxygens (including phenoxy) is 1. The number of aliphatic hydroxyl groups is 1. The van der Waals surface area contributed by atoms with Crippen molar-refractivity contribution in [1.82, 2.24) is 36.1 Å². The molecular formula is C30H45F2N7O8. The molecule has 0 saturated carbocycles. The van der Waals surface area contributed by atoms with Crippen LogP contribution in [0, 0.1) is 11.8 Å². The molecule has 1 unspecified atom stereocenters. The predicted molar refractivity (Wildman–Crippen MR) is 162 cm³/mol. The van der Waals surface area contributed by atoms with Crippen LogP contribution in [0.25, 0.3) is 0 Å². The lowest BCUT2D eigenvalue weighted by Crippen LogP contribution is -2.61. The Hall–Kier alpha value is -4.28. The van der Waals surface area contributed by atoms with Crippen LogP contribution >= 0.6 is 0 Å². The molecule has 0 aliphatic carbocycles. The van der Waals surface area contributed by atoms with E-state index in [0.29, 0.717) is 0 Å². The summed E-state index contributed by atoms with van der Waals surface area (Å²) >= 11 is 0. The number of nitrogens with zero attached hydrogens (tertiary/aromatic N) is 3. The van der Waals surface area contributed by atoms with Crippen molar-refractivity contribution in [2.24, 2.45) is 11.8 Å². The highest BCUT2D eigenvalue weighted by atomic mass is 19.3. The topological polar surface area (TPSA) is 209 Å². The molecule has 17 heteroatoms. The summed E-state index contributed by atoms with van der Waals surface area (Å²) in [7, 11) is 0. The van der Waals surface area contributed by atoms with E-state index in [1.807, 2.05) is 5.32 Å². The van der Waals surface area contributed by atoms with Crippen LogP contribution in [0.5, 0.6) is 0 Å². The maximum atomic E-state index is 14.8. The highest BCUT2D eigenvalue weighted by molar-refractivity contribution is 5.98. The third kappa shape index (κ3) is 10.1. The number of nitrogens with one attached hydrogen (secondary N) is 4. The number of hydrogen-bond donors (Lipinski definition) is 5. The summed E-state index contributed by atoms with van der Waals surface area (Å²) in [4.78, 5) is 85.6. The first-order valence-corrected chi connectivity index (χ1v) is 15.5. The van der Waals surface area contributed by atoms with Gasteiger partial charge in [-0.2, -0.15) is 8.78 Å². The molecule has 0 aromatic carbocycles. The number of rotatable bonds is 17. The zero-order chi connectivity index (χ0) is 35.5. The Balaban J connectivity index is 2.31. The second-order valence-electron chi connectivity index (χ2n) is 11.9. The smallest absolute Gasteiger partial charge is 0.351 e. The Morgan fingerprint density at radius 2 is 1.72 bits per heavy atom. The minimum absolute atomic E-state index is 0.0233. The average molecular weight is 670 g/mol. The molecule has 5 N–H and O–H groups in total. The second-order valence-corrected chi connectivity index (χ2v) is 11.9. The van der Waals surface area contributed by atoms with Gasteiger partial charge in [0.15, 0.2) is 0 Å². The van der Waals surface area contributed by atoms with Crippen molar-refractivity contribution in [2.45, 2.75) is 103 Å². The van der Waals surface area contributed by atoms with E-state index in [4.69, 9.17) is 4.74 Å². The summed E-state index contributed by atoms with van der Waals surface area (Å²) in [5.41, 5.74) is -0.0233. The molecule has 1 fully saturated rings. The van der Waals surface area contributed by atoms with Gasteiger partial charge in [0, 0.05) is 25.4 Å². The van der Waals surface area contributed by atoms with Gasteiger partial charge < -0.3 is 36.0 Å². The molecule has 1 aromatic heterocycles. The largest absolute Gasteiger partial charge is 0.463 e. The van der Waals surface area contributed by atoms with Crippen molar-refractivity contribution in [3.63, 3.8) is 0 Å². The van der Waals surface area contributed by atoms with E-state index in [2.05, 4.69) is 25.9 Å². The summed E-state index contributed by atoms with van der Waals surface area (Å²) in [5.74, 6) is -9.90. The van der Waals surface area contributed by atoms with E-state index in [0.717, 1.165) is 4.90 Å². The van der Waals surface area contributed by atoms with Crippen LogP contribution in [0.1, 0.15) is 71.3 Å². The monoisotopic (exact) mass is 669 g/mol. The predicted octanol–water partition coefficient (Wildman–Crippen LogP) is -0.0685. The summed E-state index contributed by atoms with van der Waals surface area (Å²) in [5, 5.41) is 20.1. The van der Waals surface area contributed by atoms with Crippen molar-refractivity contribution < 1.29 is 47.4 Å². The van der Waals surface area contributed by atoms with E-state index in [1.54, 1.807) is 34.6 Å². The zero-order valence-corrected chi connectivity index (χ0v) is 27.4. The van der Waals surface area contributed by atoms with Crippen molar-refractivity contribution in [3.05, 3.63) is 24.3 Å². The number of aromatic nitrogens is 2. The minimum Gasteiger partial charge on any atom is -0.463 e. The molecule has 262 valence electrons. The third-order valence-corrected chi connectivity index (χ3v) is 7.68. The molecular weight excluding hydrogens is 624 g/mol. The molecule has 6 atom stereocenters. The van der Waals surface area contributed by atoms with Crippen LogP contribution in [0.15, 0.2) is 18.6 Å². The zero-order valence-electron chi connectivity index (χ0n) is 27.4. The Morgan fingerprint density at radius 1 is 1.06 bits per heavy atom. The normalized spacial score (nSPS) is 18.9. The number of alkyl halides is 2. The lowest BCUT2D eigenvalue weighted by Gasteiger charge is -2.33. The fourth-order valence-corrected chi connectivity index (χ4v) is 5.13. The van der Waals surface area contributed by atoms with Gasteiger partial charge in [0.2, 0.25) is 17.7 Å². The van der Waals surface area contributed by atoms with E-state index in [9.17, 15) is 42.7 Å². The van der Waals surface area contributed by atoms with Crippen molar-refractivity contribution in [1.29, 1.82) is 0 Å². The Morgan fingerprint density at radius 3 is 2.26 bits per heavy atom. The fourth-order valence-electron chi connectivity index (χ4n) is 5.13. The van der Waals surface area contributed by atoms with Crippen LogP contribution in [0.4, 0.5) is 8.78 Å². The quantitative estimate of drug-likeness (QED) is 0.140. The number of aliphatic hydroxyl groups excluding tert-OH is 1. The molecule has 47 heavy (non-hydrogen) atoms. The third-order valence-electron chi connectivity index (χ3n) is 7.68. The summed E-state index contributed by atoms with van der Waals surface area (Å²) < 4.78 is 34.6. The molecule has 1 aliphatic rings. The lowest BCUT2D eigenvalue weighted by molar-refractivity contribution is -0.168. The SMILES string of the molecule is CCC[C@H](NC(=O)[C@@H]1C[C@@H](OC=O)CN1C(=O)[C@@H](NC(=O)[C@@H](NC(=O)c1cnccn1)C(C)C)C(C)C)C(O)C(F)(F)C(=O)NCC. The van der Waals surface area contributed by atoms with Gasteiger partial charge in [-0.15, -0.1) is 0 Å². The first kappa shape index (κ1) is 38.9. The van der Waals surface area contributed by atoms with Gasteiger partial charge in [-0.1, -0.05) is 41.0 Å². The fraction of sp³-hybridized carbons (Fsp3) is 0.667. The van der Waals surface area contributed by atoms with Gasteiger partial charge in [0.25, 0.3) is 18.3 Å². The van der Waals surface area contributed by atoms with Gasteiger partial charge >= 0.3 is 5.92 Å². The number of likely N-dealkylation sites (tertiary alicyclic amines) is 1. The number of carbonyl (C=O) groups is 6. The molecule has 0 bridgehead atoms. The number of hydrogen-bond acceptors (Lipinski definition) is 10. The van der Waals surface area contributed by atoms with Crippen LogP contribution < -0.4 is 21.3 Å².